The molecule has 0 atom stereocenters. The molecule has 0 unspecified atom stereocenters. The summed E-state index contributed by atoms with van der Waals surface area (Å²) in [5.41, 5.74) is 2.77. The van der Waals surface area contributed by atoms with Crippen molar-refractivity contribution >= 4 is 28.7 Å². The van der Waals surface area contributed by atoms with Gasteiger partial charge in [-0.15, -0.1) is 11.8 Å². The minimum Gasteiger partial charge on any atom is -0.461 e. The highest BCUT2D eigenvalue weighted by molar-refractivity contribution is 7.99. The second-order valence-corrected chi connectivity index (χ2v) is 7.22. The van der Waals surface area contributed by atoms with Crippen molar-refractivity contribution in [2.45, 2.75) is 31.8 Å². The van der Waals surface area contributed by atoms with Crippen molar-refractivity contribution in [3.05, 3.63) is 75.6 Å². The van der Waals surface area contributed by atoms with E-state index in [0.717, 1.165) is 21.4 Å². The fourth-order valence-corrected chi connectivity index (χ4v) is 3.50. The van der Waals surface area contributed by atoms with E-state index in [9.17, 15) is 9.59 Å². The van der Waals surface area contributed by atoms with Crippen LogP contribution >= 0.6 is 11.8 Å². The van der Waals surface area contributed by atoms with Crippen LogP contribution in [-0.2, 0) is 16.1 Å². The second-order valence-electron chi connectivity index (χ2n) is 6.05. The SMILES string of the molecule is Cc1ccc2c(COC(=O)CCSc3ccccc3)cc(=O)oc2c1C. The summed E-state index contributed by atoms with van der Waals surface area (Å²) in [4.78, 5) is 25.0. The first-order chi connectivity index (χ1) is 12.5. The Balaban J connectivity index is 1.63. The average molecular weight is 368 g/mol. The van der Waals surface area contributed by atoms with Crippen LogP contribution in [0.2, 0.25) is 0 Å². The third-order valence-electron chi connectivity index (χ3n) is 4.22. The molecule has 0 spiro atoms. The first kappa shape index (κ1) is 18.3. The number of hydrogen-bond acceptors (Lipinski definition) is 5. The van der Waals surface area contributed by atoms with Crippen LogP contribution in [0.3, 0.4) is 0 Å². The van der Waals surface area contributed by atoms with E-state index in [1.165, 1.54) is 6.07 Å². The van der Waals surface area contributed by atoms with E-state index < -0.39 is 5.63 Å². The summed E-state index contributed by atoms with van der Waals surface area (Å²) in [7, 11) is 0. The van der Waals surface area contributed by atoms with E-state index >= 15 is 0 Å². The molecule has 5 heteroatoms. The van der Waals surface area contributed by atoms with Gasteiger partial charge < -0.3 is 9.15 Å². The van der Waals surface area contributed by atoms with E-state index in [-0.39, 0.29) is 12.6 Å². The van der Waals surface area contributed by atoms with Gasteiger partial charge in [-0.2, -0.15) is 0 Å². The molecular weight excluding hydrogens is 348 g/mol. The van der Waals surface area contributed by atoms with Gasteiger partial charge >= 0.3 is 11.6 Å². The minimum absolute atomic E-state index is 0.0689. The standard InChI is InChI=1S/C21H20O4S/c1-14-8-9-18-16(12-20(23)25-21(18)15(14)2)13-24-19(22)10-11-26-17-6-4-3-5-7-17/h3-9,12H,10-11,13H2,1-2H3. The normalized spacial score (nSPS) is 10.8. The highest BCUT2D eigenvalue weighted by atomic mass is 32.2. The predicted octanol–water partition coefficient (Wildman–Crippen LogP) is 4.64. The smallest absolute Gasteiger partial charge is 0.336 e. The van der Waals surface area contributed by atoms with Crippen LogP contribution in [-0.4, -0.2) is 11.7 Å². The van der Waals surface area contributed by atoms with E-state index in [0.29, 0.717) is 23.3 Å². The van der Waals surface area contributed by atoms with Gasteiger partial charge in [0.05, 0.1) is 6.42 Å². The number of benzene rings is 2. The Morgan fingerprint density at radius 2 is 1.88 bits per heavy atom. The highest BCUT2D eigenvalue weighted by Gasteiger charge is 2.11. The average Bonchev–Trinajstić information content (AvgIpc) is 2.64. The van der Waals surface area contributed by atoms with Crippen LogP contribution in [0.25, 0.3) is 11.0 Å². The van der Waals surface area contributed by atoms with Gasteiger partial charge in [-0.1, -0.05) is 30.3 Å². The molecule has 0 N–H and O–H groups in total. The first-order valence-corrected chi connectivity index (χ1v) is 9.39. The third kappa shape index (κ3) is 4.35. The van der Waals surface area contributed by atoms with Gasteiger partial charge in [0, 0.05) is 27.7 Å². The summed E-state index contributed by atoms with van der Waals surface area (Å²) < 4.78 is 10.7. The molecule has 4 nitrogen and oxygen atoms in total. The number of fused-ring (bicyclic) bond motifs is 1. The summed E-state index contributed by atoms with van der Waals surface area (Å²) in [6, 6.07) is 15.2. The van der Waals surface area contributed by atoms with Gasteiger partial charge in [0.25, 0.3) is 0 Å². The van der Waals surface area contributed by atoms with E-state index in [2.05, 4.69) is 0 Å². The van der Waals surface area contributed by atoms with Crippen LogP contribution < -0.4 is 5.63 Å². The van der Waals surface area contributed by atoms with Crippen molar-refractivity contribution in [1.29, 1.82) is 0 Å². The summed E-state index contributed by atoms with van der Waals surface area (Å²) in [6.45, 7) is 3.95. The Bertz CT molecular complexity index is 976. The lowest BCUT2D eigenvalue weighted by molar-refractivity contribution is -0.144. The number of thioether (sulfide) groups is 1. The highest BCUT2D eigenvalue weighted by Crippen LogP contribution is 2.24. The Morgan fingerprint density at radius 3 is 2.65 bits per heavy atom. The molecule has 26 heavy (non-hydrogen) atoms. The fourth-order valence-electron chi connectivity index (χ4n) is 2.64. The van der Waals surface area contributed by atoms with Gasteiger partial charge in [0.15, 0.2) is 0 Å². The number of hydrogen-bond donors (Lipinski definition) is 0. The van der Waals surface area contributed by atoms with Crippen LogP contribution in [0.5, 0.6) is 0 Å². The van der Waals surface area contributed by atoms with E-state index in [4.69, 9.17) is 9.15 Å². The Hall–Kier alpha value is -2.53. The zero-order chi connectivity index (χ0) is 18.5. The predicted molar refractivity (Wildman–Crippen MR) is 104 cm³/mol. The summed E-state index contributed by atoms with van der Waals surface area (Å²) >= 11 is 1.61. The Kier molecular flexibility index (Phi) is 5.78. The van der Waals surface area contributed by atoms with Crippen LogP contribution in [0.15, 0.2) is 62.6 Å². The van der Waals surface area contributed by atoms with Gasteiger partial charge in [-0.3, -0.25) is 4.79 Å². The fraction of sp³-hybridized carbons (Fsp3) is 0.238. The summed E-state index contributed by atoms with van der Waals surface area (Å²) in [5, 5.41) is 0.805. The van der Waals surface area contributed by atoms with Crippen molar-refractivity contribution in [3.63, 3.8) is 0 Å². The molecule has 0 radical (unpaired) electrons. The van der Waals surface area contributed by atoms with Crippen molar-refractivity contribution < 1.29 is 13.9 Å². The zero-order valence-corrected chi connectivity index (χ0v) is 15.6. The van der Waals surface area contributed by atoms with Gasteiger partial charge in [-0.05, 0) is 37.1 Å². The quantitative estimate of drug-likeness (QED) is 0.360. The number of carbonyl (C=O) groups excluding carboxylic acids is 1. The molecule has 0 bridgehead atoms. The molecule has 0 aliphatic rings. The molecule has 0 aliphatic carbocycles. The Morgan fingerprint density at radius 1 is 1.12 bits per heavy atom. The number of ether oxygens (including phenoxy) is 1. The number of rotatable bonds is 6. The van der Waals surface area contributed by atoms with Crippen LogP contribution in [0, 0.1) is 13.8 Å². The topological polar surface area (TPSA) is 56.5 Å². The molecular formula is C21H20O4S. The largest absolute Gasteiger partial charge is 0.461 e. The molecule has 0 saturated heterocycles. The number of aryl methyl sites for hydroxylation is 2. The maximum absolute atomic E-state index is 12.0. The molecule has 0 aliphatic heterocycles. The maximum Gasteiger partial charge on any atom is 0.336 e. The molecule has 134 valence electrons. The van der Waals surface area contributed by atoms with Crippen molar-refractivity contribution in [3.8, 4) is 0 Å². The monoisotopic (exact) mass is 368 g/mol. The van der Waals surface area contributed by atoms with Gasteiger partial charge in [-0.25, -0.2) is 4.79 Å². The van der Waals surface area contributed by atoms with Gasteiger partial charge in [0.2, 0.25) is 0 Å². The summed E-state index contributed by atoms with van der Waals surface area (Å²) in [5.74, 6) is 0.373. The Labute approximate surface area is 156 Å². The molecule has 0 saturated carbocycles. The molecule has 0 amide bonds. The van der Waals surface area contributed by atoms with E-state index in [1.54, 1.807) is 11.8 Å². The molecule has 3 rings (SSSR count). The lowest BCUT2D eigenvalue weighted by Gasteiger charge is -2.09. The maximum atomic E-state index is 12.0. The van der Waals surface area contributed by atoms with Crippen LogP contribution in [0.4, 0.5) is 0 Å². The lowest BCUT2D eigenvalue weighted by Crippen LogP contribution is -2.08. The lowest BCUT2D eigenvalue weighted by atomic mass is 10.0. The van der Waals surface area contributed by atoms with E-state index in [1.807, 2.05) is 56.3 Å². The first-order valence-electron chi connectivity index (χ1n) is 8.41. The number of esters is 1. The molecule has 0 fully saturated rings. The minimum atomic E-state index is -0.433. The van der Waals surface area contributed by atoms with Gasteiger partial charge in [0.1, 0.15) is 12.2 Å². The van der Waals surface area contributed by atoms with Crippen molar-refractivity contribution in [1.82, 2.24) is 0 Å². The summed E-state index contributed by atoms with van der Waals surface area (Å²) in [6.07, 6.45) is 0.317. The van der Waals surface area contributed by atoms with Crippen molar-refractivity contribution in [2.75, 3.05) is 5.75 Å². The molecule has 1 aromatic heterocycles. The van der Waals surface area contributed by atoms with Crippen molar-refractivity contribution in [2.24, 2.45) is 0 Å². The third-order valence-corrected chi connectivity index (χ3v) is 5.24. The second kappa shape index (κ2) is 8.23. The molecule has 3 aromatic rings. The molecule has 2 aromatic carbocycles. The number of carbonyl (C=O) groups is 1. The zero-order valence-electron chi connectivity index (χ0n) is 14.8. The van der Waals surface area contributed by atoms with Crippen LogP contribution in [0.1, 0.15) is 23.1 Å². The molecule has 1 heterocycles.